The molecule has 0 fully saturated rings. The average Bonchev–Trinajstić information content (AvgIpc) is 2.92. The fourth-order valence-corrected chi connectivity index (χ4v) is 3.42. The highest BCUT2D eigenvalue weighted by Gasteiger charge is 2.12. The molecule has 0 radical (unpaired) electrons. The highest BCUT2D eigenvalue weighted by atomic mass is 79.9. The molecule has 2 nitrogen and oxygen atoms in total. The van der Waals surface area contributed by atoms with Gasteiger partial charge in [0, 0.05) is 5.56 Å². The lowest BCUT2D eigenvalue weighted by Crippen LogP contribution is -1.98. The predicted molar refractivity (Wildman–Crippen MR) is 86.0 cm³/mol. The molecule has 0 saturated heterocycles. The van der Waals surface area contributed by atoms with E-state index in [1.165, 1.54) is 11.3 Å². The van der Waals surface area contributed by atoms with Gasteiger partial charge in [-0.05, 0) is 57.0 Å². The number of ketones is 1. The number of methoxy groups -OCH3 is 1. The molecule has 20 heavy (non-hydrogen) atoms. The molecule has 0 aliphatic carbocycles. The molecule has 0 atom stereocenters. The highest BCUT2D eigenvalue weighted by Crippen LogP contribution is 2.27. The number of carbonyl (C=O) groups excluding carboxylic acids is 1. The largest absolute Gasteiger partial charge is 0.497 e. The molecular formula is C16H11BrO2S. The number of fused-ring (bicyclic) bond motifs is 1. The second kappa shape index (κ2) is 5.38. The van der Waals surface area contributed by atoms with Crippen LogP contribution in [0, 0.1) is 0 Å². The minimum Gasteiger partial charge on any atom is -0.497 e. The van der Waals surface area contributed by atoms with Crippen molar-refractivity contribution in [1.82, 2.24) is 0 Å². The molecule has 0 saturated carbocycles. The Bertz CT molecular complexity index is 792. The minimum absolute atomic E-state index is 0.0541. The Labute approximate surface area is 129 Å². The van der Waals surface area contributed by atoms with Crippen molar-refractivity contribution in [2.24, 2.45) is 0 Å². The first-order valence-electron chi connectivity index (χ1n) is 6.05. The van der Waals surface area contributed by atoms with Crippen molar-refractivity contribution in [2.45, 2.75) is 0 Å². The quantitative estimate of drug-likeness (QED) is 0.630. The van der Waals surface area contributed by atoms with Gasteiger partial charge >= 0.3 is 0 Å². The van der Waals surface area contributed by atoms with Crippen LogP contribution in [0.2, 0.25) is 0 Å². The molecule has 0 aliphatic heterocycles. The van der Waals surface area contributed by atoms with Crippen molar-refractivity contribution < 1.29 is 9.53 Å². The number of hydrogen-bond donors (Lipinski definition) is 0. The zero-order valence-electron chi connectivity index (χ0n) is 10.7. The van der Waals surface area contributed by atoms with Crippen molar-refractivity contribution in [3.05, 3.63) is 62.8 Å². The molecule has 0 unspecified atom stereocenters. The molecule has 3 aromatic rings. The van der Waals surface area contributed by atoms with E-state index < -0.39 is 0 Å². The number of benzene rings is 2. The van der Waals surface area contributed by atoms with E-state index in [0.717, 1.165) is 25.2 Å². The van der Waals surface area contributed by atoms with Gasteiger partial charge in [0.1, 0.15) is 5.75 Å². The molecule has 0 spiro atoms. The average molecular weight is 347 g/mol. The maximum Gasteiger partial charge on any atom is 0.203 e. The SMILES string of the molecule is COc1ccc2cc(C(=O)c3ccc(Br)s3)ccc2c1. The van der Waals surface area contributed by atoms with Crippen LogP contribution in [0.4, 0.5) is 0 Å². The van der Waals surface area contributed by atoms with E-state index in [-0.39, 0.29) is 5.78 Å². The van der Waals surface area contributed by atoms with E-state index in [0.29, 0.717) is 5.56 Å². The summed E-state index contributed by atoms with van der Waals surface area (Å²) < 4.78 is 6.17. The third-order valence-electron chi connectivity index (χ3n) is 3.11. The fourth-order valence-electron chi connectivity index (χ4n) is 2.07. The number of carbonyl (C=O) groups is 1. The number of halogens is 1. The van der Waals surface area contributed by atoms with Crippen molar-refractivity contribution in [3.8, 4) is 5.75 Å². The first kappa shape index (κ1) is 13.3. The second-order valence-electron chi connectivity index (χ2n) is 4.36. The first-order valence-corrected chi connectivity index (χ1v) is 7.66. The molecule has 0 bridgehead atoms. The fraction of sp³-hybridized carbons (Fsp3) is 0.0625. The lowest BCUT2D eigenvalue weighted by molar-refractivity contribution is 0.104. The third kappa shape index (κ3) is 2.49. The molecule has 0 N–H and O–H groups in total. The summed E-state index contributed by atoms with van der Waals surface area (Å²) in [5.41, 5.74) is 0.706. The summed E-state index contributed by atoms with van der Waals surface area (Å²) >= 11 is 4.83. The van der Waals surface area contributed by atoms with Gasteiger partial charge < -0.3 is 4.74 Å². The molecule has 3 rings (SSSR count). The van der Waals surface area contributed by atoms with E-state index >= 15 is 0 Å². The van der Waals surface area contributed by atoms with Crippen LogP contribution in [0.5, 0.6) is 5.75 Å². The maximum absolute atomic E-state index is 12.4. The first-order chi connectivity index (χ1) is 9.67. The Kier molecular flexibility index (Phi) is 3.59. The van der Waals surface area contributed by atoms with Gasteiger partial charge in [-0.3, -0.25) is 4.79 Å². The van der Waals surface area contributed by atoms with Crippen LogP contribution in [0.1, 0.15) is 15.2 Å². The Morgan fingerprint density at radius 1 is 1.05 bits per heavy atom. The Hall–Kier alpha value is -1.65. The lowest BCUT2D eigenvalue weighted by atomic mass is 10.0. The van der Waals surface area contributed by atoms with Gasteiger partial charge in [-0.1, -0.05) is 18.2 Å². The van der Waals surface area contributed by atoms with Gasteiger partial charge in [0.2, 0.25) is 5.78 Å². The number of hydrogen-bond acceptors (Lipinski definition) is 3. The highest BCUT2D eigenvalue weighted by molar-refractivity contribution is 9.11. The number of rotatable bonds is 3. The smallest absolute Gasteiger partial charge is 0.203 e. The van der Waals surface area contributed by atoms with Gasteiger partial charge in [0.15, 0.2) is 0 Å². The molecule has 1 heterocycles. The van der Waals surface area contributed by atoms with E-state index in [1.54, 1.807) is 7.11 Å². The van der Waals surface area contributed by atoms with Gasteiger partial charge in [-0.25, -0.2) is 0 Å². The van der Waals surface area contributed by atoms with Crippen LogP contribution >= 0.6 is 27.3 Å². The normalized spacial score (nSPS) is 10.7. The molecule has 0 aliphatic rings. The van der Waals surface area contributed by atoms with Crippen LogP contribution in [0.15, 0.2) is 52.3 Å². The van der Waals surface area contributed by atoms with Crippen LogP contribution < -0.4 is 4.74 Å². The molecule has 100 valence electrons. The van der Waals surface area contributed by atoms with Crippen molar-refractivity contribution in [1.29, 1.82) is 0 Å². The summed E-state index contributed by atoms with van der Waals surface area (Å²) in [5, 5.41) is 2.10. The minimum atomic E-state index is 0.0541. The molecule has 2 aromatic carbocycles. The summed E-state index contributed by atoms with van der Waals surface area (Å²) in [6, 6.07) is 15.3. The molecule has 0 amide bonds. The summed E-state index contributed by atoms with van der Waals surface area (Å²) in [5.74, 6) is 0.872. The topological polar surface area (TPSA) is 26.3 Å². The van der Waals surface area contributed by atoms with E-state index in [1.807, 2.05) is 48.5 Å². The van der Waals surface area contributed by atoms with Gasteiger partial charge in [0.25, 0.3) is 0 Å². The maximum atomic E-state index is 12.4. The number of ether oxygens (including phenoxy) is 1. The summed E-state index contributed by atoms with van der Waals surface area (Å²) in [4.78, 5) is 13.1. The van der Waals surface area contributed by atoms with Gasteiger partial charge in [0.05, 0.1) is 15.8 Å². The van der Waals surface area contributed by atoms with E-state index in [9.17, 15) is 4.79 Å². The zero-order chi connectivity index (χ0) is 14.1. The third-order valence-corrected chi connectivity index (χ3v) is 4.73. The summed E-state index contributed by atoms with van der Waals surface area (Å²) in [6.07, 6.45) is 0. The van der Waals surface area contributed by atoms with Crippen LogP contribution in [-0.2, 0) is 0 Å². The van der Waals surface area contributed by atoms with E-state index in [2.05, 4.69) is 15.9 Å². The predicted octanol–water partition coefficient (Wildman–Crippen LogP) is 4.90. The second-order valence-corrected chi connectivity index (χ2v) is 6.82. The van der Waals surface area contributed by atoms with Crippen LogP contribution in [0.3, 0.4) is 0 Å². The Morgan fingerprint density at radius 3 is 2.50 bits per heavy atom. The van der Waals surface area contributed by atoms with Crippen molar-refractivity contribution in [3.63, 3.8) is 0 Å². The molecule has 4 heteroatoms. The van der Waals surface area contributed by atoms with E-state index in [4.69, 9.17) is 4.74 Å². The number of thiophene rings is 1. The standard InChI is InChI=1S/C16H11BrO2S/c1-19-13-5-4-10-8-12(3-2-11(10)9-13)16(18)14-6-7-15(17)20-14/h2-9H,1H3. The van der Waals surface area contributed by atoms with Crippen molar-refractivity contribution >= 4 is 43.8 Å². The van der Waals surface area contributed by atoms with Gasteiger partial charge in [-0.2, -0.15) is 0 Å². The summed E-state index contributed by atoms with van der Waals surface area (Å²) in [7, 11) is 1.65. The van der Waals surface area contributed by atoms with Crippen LogP contribution in [-0.4, -0.2) is 12.9 Å². The summed E-state index contributed by atoms with van der Waals surface area (Å²) in [6.45, 7) is 0. The zero-order valence-corrected chi connectivity index (χ0v) is 13.1. The lowest BCUT2D eigenvalue weighted by Gasteiger charge is -2.04. The van der Waals surface area contributed by atoms with Crippen LogP contribution in [0.25, 0.3) is 10.8 Å². The Balaban J connectivity index is 2.02. The van der Waals surface area contributed by atoms with Crippen molar-refractivity contribution in [2.75, 3.05) is 7.11 Å². The molecule has 1 aromatic heterocycles. The molecular weight excluding hydrogens is 336 g/mol. The monoisotopic (exact) mass is 346 g/mol. The Morgan fingerprint density at radius 2 is 1.80 bits per heavy atom. The van der Waals surface area contributed by atoms with Gasteiger partial charge in [-0.15, -0.1) is 11.3 Å².